The topological polar surface area (TPSA) is 84.6 Å². The van der Waals surface area contributed by atoms with E-state index < -0.39 is 12.2 Å². The van der Waals surface area contributed by atoms with Crippen LogP contribution in [0.25, 0.3) is 0 Å². The number of benzene rings is 1. The molecule has 1 aromatic rings. The molecule has 0 radical (unpaired) electrons. The van der Waals surface area contributed by atoms with Crippen molar-refractivity contribution >= 4 is 11.8 Å². The minimum Gasteiger partial charge on any atom is -0.450 e. The second-order valence-corrected chi connectivity index (χ2v) is 3.28. The molecule has 0 aliphatic carbocycles. The molecule has 1 unspecified atom stereocenters. The molecular formula is C11H16N2O3. The molecule has 1 aromatic carbocycles. The summed E-state index contributed by atoms with van der Waals surface area (Å²) in [5, 5.41) is 12.2. The van der Waals surface area contributed by atoms with Crippen molar-refractivity contribution < 1.29 is 14.6 Å². The lowest BCUT2D eigenvalue weighted by molar-refractivity contribution is 0.135. The van der Waals surface area contributed by atoms with Crippen LogP contribution < -0.4 is 11.1 Å². The predicted octanol–water partition coefficient (Wildman–Crippen LogP) is 1.05. The zero-order valence-electron chi connectivity index (χ0n) is 9.14. The van der Waals surface area contributed by atoms with E-state index in [9.17, 15) is 9.90 Å². The maximum atomic E-state index is 11.0. The second-order valence-electron chi connectivity index (χ2n) is 3.28. The third-order valence-electron chi connectivity index (χ3n) is 2.04. The summed E-state index contributed by atoms with van der Waals surface area (Å²) in [4.78, 5) is 11.0. The number of aliphatic hydroxyl groups is 1. The van der Waals surface area contributed by atoms with Crippen molar-refractivity contribution in [1.29, 1.82) is 0 Å². The van der Waals surface area contributed by atoms with E-state index in [0.717, 1.165) is 0 Å². The second kappa shape index (κ2) is 5.97. The van der Waals surface area contributed by atoms with Gasteiger partial charge >= 0.3 is 6.09 Å². The molecule has 0 bridgehead atoms. The van der Waals surface area contributed by atoms with E-state index in [0.29, 0.717) is 17.9 Å². The fraction of sp³-hybridized carbons (Fsp3) is 0.364. The van der Waals surface area contributed by atoms with Crippen molar-refractivity contribution in [2.24, 2.45) is 0 Å². The maximum absolute atomic E-state index is 11.0. The largest absolute Gasteiger partial charge is 0.450 e. The summed E-state index contributed by atoms with van der Waals surface area (Å²) in [5.74, 6) is 0. The summed E-state index contributed by atoms with van der Waals surface area (Å²) in [6, 6.07) is 6.82. The number of rotatable bonds is 4. The van der Waals surface area contributed by atoms with Gasteiger partial charge in [0.25, 0.3) is 0 Å². The normalized spacial score (nSPS) is 11.9. The van der Waals surface area contributed by atoms with Crippen LogP contribution in [0.5, 0.6) is 0 Å². The van der Waals surface area contributed by atoms with Crippen LogP contribution in [-0.4, -0.2) is 24.4 Å². The molecule has 0 aromatic heterocycles. The Morgan fingerprint density at radius 2 is 2.12 bits per heavy atom. The SMILES string of the molecule is CCOC(=O)NCC(O)c1ccc(N)cc1. The molecular weight excluding hydrogens is 208 g/mol. The van der Waals surface area contributed by atoms with Gasteiger partial charge in [-0.05, 0) is 24.6 Å². The third-order valence-corrected chi connectivity index (χ3v) is 2.04. The molecule has 0 saturated heterocycles. The number of hydrogen-bond donors (Lipinski definition) is 3. The summed E-state index contributed by atoms with van der Waals surface area (Å²) in [5.41, 5.74) is 6.85. The van der Waals surface area contributed by atoms with Crippen LogP contribution >= 0.6 is 0 Å². The maximum Gasteiger partial charge on any atom is 0.407 e. The van der Waals surface area contributed by atoms with E-state index in [1.165, 1.54) is 0 Å². The molecule has 0 saturated carbocycles. The van der Waals surface area contributed by atoms with E-state index >= 15 is 0 Å². The highest BCUT2D eigenvalue weighted by molar-refractivity contribution is 5.67. The van der Waals surface area contributed by atoms with Crippen molar-refractivity contribution in [2.75, 3.05) is 18.9 Å². The zero-order chi connectivity index (χ0) is 12.0. The van der Waals surface area contributed by atoms with Gasteiger partial charge < -0.3 is 20.9 Å². The van der Waals surface area contributed by atoms with Crippen molar-refractivity contribution in [3.63, 3.8) is 0 Å². The van der Waals surface area contributed by atoms with Crippen LogP contribution in [0.2, 0.25) is 0 Å². The van der Waals surface area contributed by atoms with Gasteiger partial charge in [0.1, 0.15) is 0 Å². The van der Waals surface area contributed by atoms with Crippen molar-refractivity contribution in [3.8, 4) is 0 Å². The summed E-state index contributed by atoms with van der Waals surface area (Å²) >= 11 is 0. The molecule has 5 heteroatoms. The van der Waals surface area contributed by atoms with Crippen molar-refractivity contribution in [3.05, 3.63) is 29.8 Å². The first-order valence-electron chi connectivity index (χ1n) is 5.07. The van der Waals surface area contributed by atoms with Crippen LogP contribution in [-0.2, 0) is 4.74 Å². The Morgan fingerprint density at radius 3 is 2.69 bits per heavy atom. The molecule has 1 rings (SSSR count). The van der Waals surface area contributed by atoms with Crippen LogP contribution in [0.1, 0.15) is 18.6 Å². The van der Waals surface area contributed by atoms with E-state index in [1.807, 2.05) is 0 Å². The number of aliphatic hydroxyl groups excluding tert-OH is 1. The van der Waals surface area contributed by atoms with Crippen molar-refractivity contribution in [1.82, 2.24) is 5.32 Å². The highest BCUT2D eigenvalue weighted by Crippen LogP contribution is 2.13. The summed E-state index contributed by atoms with van der Waals surface area (Å²) in [6.07, 6.45) is -1.29. The lowest BCUT2D eigenvalue weighted by Crippen LogP contribution is -2.28. The Bertz CT molecular complexity index is 338. The monoisotopic (exact) mass is 224 g/mol. The number of nitrogens with one attached hydrogen (secondary N) is 1. The number of hydrogen-bond acceptors (Lipinski definition) is 4. The highest BCUT2D eigenvalue weighted by atomic mass is 16.5. The molecule has 4 N–H and O–H groups in total. The first-order chi connectivity index (χ1) is 7.63. The fourth-order valence-corrected chi connectivity index (χ4v) is 1.20. The van der Waals surface area contributed by atoms with Gasteiger partial charge in [-0.15, -0.1) is 0 Å². The molecule has 0 aliphatic rings. The number of alkyl carbamates (subject to hydrolysis) is 1. The number of anilines is 1. The Labute approximate surface area is 94.2 Å². The Balaban J connectivity index is 2.43. The Morgan fingerprint density at radius 1 is 1.50 bits per heavy atom. The van der Waals surface area contributed by atoms with Crippen LogP contribution in [0.3, 0.4) is 0 Å². The van der Waals surface area contributed by atoms with Crippen LogP contribution in [0.15, 0.2) is 24.3 Å². The number of ether oxygens (including phenoxy) is 1. The highest BCUT2D eigenvalue weighted by Gasteiger charge is 2.09. The number of carbonyl (C=O) groups is 1. The smallest absolute Gasteiger partial charge is 0.407 e. The van der Waals surface area contributed by atoms with Gasteiger partial charge in [-0.1, -0.05) is 12.1 Å². The first kappa shape index (κ1) is 12.3. The molecule has 1 atom stereocenters. The number of carbonyl (C=O) groups excluding carboxylic acids is 1. The summed E-state index contributed by atoms with van der Waals surface area (Å²) < 4.78 is 4.67. The molecule has 0 spiro atoms. The lowest BCUT2D eigenvalue weighted by atomic mass is 10.1. The molecule has 16 heavy (non-hydrogen) atoms. The molecule has 0 heterocycles. The Kier molecular flexibility index (Phi) is 4.60. The molecule has 0 fully saturated rings. The lowest BCUT2D eigenvalue weighted by Gasteiger charge is -2.12. The van der Waals surface area contributed by atoms with Crippen LogP contribution in [0.4, 0.5) is 10.5 Å². The standard InChI is InChI=1S/C11H16N2O3/c1-2-16-11(15)13-7-10(14)8-3-5-9(12)6-4-8/h3-6,10,14H,2,7,12H2,1H3,(H,13,15). The predicted molar refractivity (Wildman–Crippen MR) is 60.8 cm³/mol. The Hall–Kier alpha value is -1.75. The van der Waals surface area contributed by atoms with Gasteiger partial charge in [-0.3, -0.25) is 0 Å². The summed E-state index contributed by atoms with van der Waals surface area (Å²) in [7, 11) is 0. The van der Waals surface area contributed by atoms with Gasteiger partial charge in [0.05, 0.1) is 19.3 Å². The summed E-state index contributed by atoms with van der Waals surface area (Å²) in [6.45, 7) is 2.14. The van der Waals surface area contributed by atoms with Gasteiger partial charge in [0, 0.05) is 5.69 Å². The average Bonchev–Trinajstić information content (AvgIpc) is 2.27. The van der Waals surface area contributed by atoms with E-state index in [4.69, 9.17) is 5.73 Å². The van der Waals surface area contributed by atoms with Crippen LogP contribution in [0, 0.1) is 0 Å². The van der Waals surface area contributed by atoms with Gasteiger partial charge in [-0.25, -0.2) is 4.79 Å². The first-order valence-corrected chi connectivity index (χ1v) is 5.07. The average molecular weight is 224 g/mol. The van der Waals surface area contributed by atoms with E-state index in [2.05, 4.69) is 10.1 Å². The number of nitrogens with two attached hydrogens (primary N) is 1. The van der Waals surface area contributed by atoms with Gasteiger partial charge in [0.2, 0.25) is 0 Å². The van der Waals surface area contributed by atoms with Gasteiger partial charge in [0.15, 0.2) is 0 Å². The van der Waals surface area contributed by atoms with Crippen molar-refractivity contribution in [2.45, 2.75) is 13.0 Å². The minimum absolute atomic E-state index is 0.114. The fourth-order valence-electron chi connectivity index (χ4n) is 1.20. The number of amides is 1. The third kappa shape index (κ3) is 3.78. The molecule has 5 nitrogen and oxygen atoms in total. The van der Waals surface area contributed by atoms with E-state index in [-0.39, 0.29) is 6.54 Å². The minimum atomic E-state index is -0.759. The van der Waals surface area contributed by atoms with Gasteiger partial charge in [-0.2, -0.15) is 0 Å². The molecule has 1 amide bonds. The quantitative estimate of drug-likeness (QED) is 0.667. The van der Waals surface area contributed by atoms with E-state index in [1.54, 1.807) is 31.2 Å². The molecule has 0 aliphatic heterocycles. The zero-order valence-corrected chi connectivity index (χ0v) is 9.14. The number of nitrogen functional groups attached to an aromatic ring is 1. The molecule has 88 valence electrons.